The molecule has 10 heavy (non-hydrogen) atoms. The van der Waals surface area contributed by atoms with Crippen LogP contribution in [0.4, 0.5) is 8.78 Å². The van der Waals surface area contributed by atoms with Crippen molar-refractivity contribution in [3.63, 3.8) is 0 Å². The molecule has 1 rings (SSSR count). The van der Waals surface area contributed by atoms with Crippen molar-refractivity contribution in [1.82, 2.24) is 0 Å². The molecule has 1 nitrogen and oxygen atoms in total. The molecule has 0 fully saturated rings. The molecule has 0 unspecified atom stereocenters. The minimum Gasteiger partial charge on any atom is -0.872 e. The second kappa shape index (κ2) is 2.54. The Balaban J connectivity index is 3.28. The van der Waals surface area contributed by atoms with E-state index in [1.165, 1.54) is 0 Å². The molecule has 4 heteroatoms. The summed E-state index contributed by atoms with van der Waals surface area (Å²) in [5.74, 6) is -2.70. The van der Waals surface area contributed by atoms with Gasteiger partial charge < -0.3 is 5.11 Å². The lowest BCUT2D eigenvalue weighted by atomic mass is 10.3. The highest BCUT2D eigenvalue weighted by Gasteiger charge is 2.00. The Labute approximate surface area is 64.4 Å². The molecule has 0 atom stereocenters. The van der Waals surface area contributed by atoms with Gasteiger partial charge in [-0.15, -0.1) is 0 Å². The molecule has 0 heterocycles. The maximum atomic E-state index is 12.2. The lowest BCUT2D eigenvalue weighted by molar-refractivity contribution is -0.269. The summed E-state index contributed by atoms with van der Waals surface area (Å²) in [6, 6.07) is 1.40. The summed E-state index contributed by atoms with van der Waals surface area (Å²) in [6.07, 6.45) is 0. The first kappa shape index (κ1) is 7.47. The van der Waals surface area contributed by atoms with Crippen molar-refractivity contribution >= 4 is 15.9 Å². The second-order valence-electron chi connectivity index (χ2n) is 1.70. The molecule has 0 saturated heterocycles. The Morgan fingerprint density at radius 2 is 1.70 bits per heavy atom. The molecule has 0 aliphatic heterocycles. The van der Waals surface area contributed by atoms with E-state index in [1.807, 2.05) is 0 Å². The lowest BCUT2D eigenvalue weighted by Gasteiger charge is -2.07. The number of benzene rings is 1. The van der Waals surface area contributed by atoms with Gasteiger partial charge in [0.05, 0.1) is 0 Å². The van der Waals surface area contributed by atoms with Crippen molar-refractivity contribution in [2.75, 3.05) is 0 Å². The first-order valence-electron chi connectivity index (χ1n) is 2.43. The van der Waals surface area contributed by atoms with E-state index in [2.05, 4.69) is 15.9 Å². The van der Waals surface area contributed by atoms with Gasteiger partial charge in [-0.05, 0) is 12.1 Å². The molecule has 0 amide bonds. The van der Waals surface area contributed by atoms with Crippen molar-refractivity contribution in [3.8, 4) is 5.75 Å². The smallest absolute Gasteiger partial charge is 0.159 e. The Kier molecular flexibility index (Phi) is 1.89. The highest BCUT2D eigenvalue weighted by molar-refractivity contribution is 9.10. The molecule has 0 N–H and O–H groups in total. The Morgan fingerprint density at radius 1 is 1.20 bits per heavy atom. The summed E-state index contributed by atoms with van der Waals surface area (Å²) in [6.45, 7) is 0. The van der Waals surface area contributed by atoms with Gasteiger partial charge in [-0.1, -0.05) is 21.7 Å². The van der Waals surface area contributed by atoms with Crippen LogP contribution in [-0.2, 0) is 0 Å². The number of hydrogen-bond acceptors (Lipinski definition) is 1. The van der Waals surface area contributed by atoms with Crippen LogP contribution in [-0.4, -0.2) is 0 Å². The van der Waals surface area contributed by atoms with Crippen LogP contribution < -0.4 is 5.11 Å². The fraction of sp³-hybridized carbons (Fsp3) is 0. The van der Waals surface area contributed by atoms with Gasteiger partial charge >= 0.3 is 0 Å². The SMILES string of the molecule is [O-]c1cc(F)c(F)cc1Br. The van der Waals surface area contributed by atoms with Gasteiger partial charge in [-0.25, -0.2) is 8.78 Å². The summed E-state index contributed by atoms with van der Waals surface area (Å²) >= 11 is 2.76. The molecule has 54 valence electrons. The van der Waals surface area contributed by atoms with Gasteiger partial charge in [-0.3, -0.25) is 0 Å². The molecule has 0 radical (unpaired) electrons. The molecule has 1 aromatic carbocycles. The summed E-state index contributed by atoms with van der Waals surface area (Å²) in [7, 11) is 0. The zero-order valence-electron chi connectivity index (χ0n) is 4.70. The van der Waals surface area contributed by atoms with Crippen molar-refractivity contribution in [1.29, 1.82) is 0 Å². The number of halogens is 3. The van der Waals surface area contributed by atoms with Crippen LogP contribution in [0.25, 0.3) is 0 Å². The average molecular weight is 208 g/mol. The third kappa shape index (κ3) is 1.26. The Bertz CT molecular complexity index is 212. The zero-order valence-corrected chi connectivity index (χ0v) is 6.28. The molecule has 0 aromatic heterocycles. The lowest BCUT2D eigenvalue weighted by Crippen LogP contribution is -1.93. The van der Waals surface area contributed by atoms with E-state index in [-0.39, 0.29) is 4.47 Å². The average Bonchev–Trinajstić information content (AvgIpc) is 1.84. The normalized spacial score (nSPS) is 9.90. The van der Waals surface area contributed by atoms with Crippen LogP contribution in [0.1, 0.15) is 0 Å². The van der Waals surface area contributed by atoms with Gasteiger partial charge in [0.25, 0.3) is 0 Å². The molecular formula is C6H2BrF2O-. The minimum atomic E-state index is -1.12. The second-order valence-corrected chi connectivity index (χ2v) is 2.55. The van der Waals surface area contributed by atoms with Gasteiger partial charge in [0, 0.05) is 4.47 Å². The predicted octanol–water partition coefficient (Wildman–Crippen LogP) is 1.80. The van der Waals surface area contributed by atoms with Crippen molar-refractivity contribution < 1.29 is 13.9 Å². The monoisotopic (exact) mass is 207 g/mol. The molecular weight excluding hydrogens is 206 g/mol. The fourth-order valence-corrected chi connectivity index (χ4v) is 0.820. The third-order valence-electron chi connectivity index (χ3n) is 0.975. The highest BCUT2D eigenvalue weighted by atomic mass is 79.9. The van der Waals surface area contributed by atoms with Crippen molar-refractivity contribution in [2.24, 2.45) is 0 Å². The fourth-order valence-electron chi connectivity index (χ4n) is 0.504. The Hall–Kier alpha value is -0.640. The van der Waals surface area contributed by atoms with E-state index in [0.29, 0.717) is 6.07 Å². The van der Waals surface area contributed by atoms with E-state index in [4.69, 9.17) is 0 Å². The quantitative estimate of drug-likeness (QED) is 0.596. The van der Waals surface area contributed by atoms with Crippen LogP contribution in [0.5, 0.6) is 5.75 Å². The topological polar surface area (TPSA) is 23.1 Å². The largest absolute Gasteiger partial charge is 0.872 e. The minimum absolute atomic E-state index is 0.0337. The summed E-state index contributed by atoms with van der Waals surface area (Å²) < 4.78 is 24.4. The Morgan fingerprint density at radius 3 is 2.20 bits per heavy atom. The summed E-state index contributed by atoms with van der Waals surface area (Å²) in [4.78, 5) is 0. The standard InChI is InChI=1S/C6H3BrF2O/c7-3-1-4(8)5(9)2-6(3)10/h1-2,10H/p-1. The predicted molar refractivity (Wildman–Crippen MR) is 33.5 cm³/mol. The first-order valence-corrected chi connectivity index (χ1v) is 3.22. The van der Waals surface area contributed by atoms with Crippen LogP contribution >= 0.6 is 15.9 Å². The molecule has 0 aliphatic rings. The highest BCUT2D eigenvalue weighted by Crippen LogP contribution is 2.23. The number of rotatable bonds is 0. The van der Waals surface area contributed by atoms with Crippen LogP contribution in [0.2, 0.25) is 0 Å². The van der Waals surface area contributed by atoms with Crippen molar-refractivity contribution in [2.45, 2.75) is 0 Å². The van der Waals surface area contributed by atoms with E-state index in [9.17, 15) is 13.9 Å². The van der Waals surface area contributed by atoms with E-state index in [0.717, 1.165) is 6.07 Å². The molecule has 0 saturated carbocycles. The molecule has 0 spiro atoms. The van der Waals surface area contributed by atoms with E-state index in [1.54, 1.807) is 0 Å². The van der Waals surface area contributed by atoms with E-state index >= 15 is 0 Å². The molecule has 1 aromatic rings. The zero-order chi connectivity index (χ0) is 7.72. The first-order chi connectivity index (χ1) is 4.61. The van der Waals surface area contributed by atoms with Crippen LogP contribution in [0.3, 0.4) is 0 Å². The van der Waals surface area contributed by atoms with Gasteiger partial charge in [-0.2, -0.15) is 0 Å². The van der Waals surface area contributed by atoms with Gasteiger partial charge in [0.1, 0.15) is 0 Å². The molecule has 0 aliphatic carbocycles. The van der Waals surface area contributed by atoms with Crippen LogP contribution in [0, 0.1) is 11.6 Å². The maximum Gasteiger partial charge on any atom is 0.159 e. The maximum absolute atomic E-state index is 12.2. The van der Waals surface area contributed by atoms with Gasteiger partial charge in [0.15, 0.2) is 11.6 Å². The molecule has 0 bridgehead atoms. The van der Waals surface area contributed by atoms with E-state index < -0.39 is 17.4 Å². The number of hydrogen-bond donors (Lipinski definition) is 0. The van der Waals surface area contributed by atoms with Crippen LogP contribution in [0.15, 0.2) is 16.6 Å². The third-order valence-corrected chi connectivity index (χ3v) is 1.59. The van der Waals surface area contributed by atoms with Gasteiger partial charge in [0.2, 0.25) is 0 Å². The summed E-state index contributed by atoms with van der Waals surface area (Å²) in [5, 5.41) is 10.5. The summed E-state index contributed by atoms with van der Waals surface area (Å²) in [5.41, 5.74) is 0. The van der Waals surface area contributed by atoms with Crippen molar-refractivity contribution in [3.05, 3.63) is 28.2 Å².